The third-order valence-corrected chi connectivity index (χ3v) is 5.51. The van der Waals surface area contributed by atoms with Gasteiger partial charge in [0, 0.05) is 5.75 Å². The first-order chi connectivity index (χ1) is 12.1. The molecule has 130 valence electrons. The summed E-state index contributed by atoms with van der Waals surface area (Å²) in [4.78, 5) is 24.4. The summed E-state index contributed by atoms with van der Waals surface area (Å²) in [5.41, 5.74) is 2.00. The third kappa shape index (κ3) is 5.08. The first-order valence-electron chi connectivity index (χ1n) is 7.69. The van der Waals surface area contributed by atoms with E-state index in [0.717, 1.165) is 22.7 Å². The smallest absolute Gasteiger partial charge is 0.348 e. The molecule has 0 radical (unpaired) electrons. The monoisotopic (exact) mass is 374 g/mol. The number of nitrogens with zero attached hydrogens (tertiary/aromatic N) is 1. The second-order valence-electron chi connectivity index (χ2n) is 5.12. The summed E-state index contributed by atoms with van der Waals surface area (Å²) in [6, 6.07) is 11.9. The predicted octanol–water partition coefficient (Wildman–Crippen LogP) is 3.98. The number of carbonyl (C=O) groups is 2. The van der Waals surface area contributed by atoms with Gasteiger partial charge >= 0.3 is 5.97 Å². The highest BCUT2D eigenvalue weighted by atomic mass is 32.2. The Balaban J connectivity index is 1.99. The van der Waals surface area contributed by atoms with E-state index in [-0.39, 0.29) is 18.3 Å². The lowest BCUT2D eigenvalue weighted by molar-refractivity contribution is -0.113. The average molecular weight is 374 g/mol. The van der Waals surface area contributed by atoms with Gasteiger partial charge in [-0.05, 0) is 25.0 Å². The fourth-order valence-electron chi connectivity index (χ4n) is 2.13. The second-order valence-corrected chi connectivity index (χ2v) is 7.13. The lowest BCUT2D eigenvalue weighted by Crippen LogP contribution is -2.14. The Kier molecular flexibility index (Phi) is 7.04. The SMILES string of the molecule is CCOC(=O)c1sc(NC(=O)CSCc2ccccc2)c(C#N)c1C. The fraction of sp³-hybridized carbons (Fsp3) is 0.278. The molecular weight excluding hydrogens is 356 g/mol. The Morgan fingerprint density at radius 2 is 2.04 bits per heavy atom. The van der Waals surface area contributed by atoms with Crippen LogP contribution in [0.2, 0.25) is 0 Å². The van der Waals surface area contributed by atoms with E-state index in [9.17, 15) is 14.9 Å². The Labute approximate surface area is 155 Å². The minimum Gasteiger partial charge on any atom is -0.462 e. The highest BCUT2D eigenvalue weighted by molar-refractivity contribution is 7.99. The number of rotatable bonds is 7. The molecule has 1 heterocycles. The van der Waals surface area contributed by atoms with E-state index in [1.54, 1.807) is 13.8 Å². The number of thiophene rings is 1. The quantitative estimate of drug-likeness (QED) is 0.742. The van der Waals surface area contributed by atoms with Gasteiger partial charge in [0.15, 0.2) is 0 Å². The lowest BCUT2D eigenvalue weighted by Gasteiger charge is -2.04. The maximum absolute atomic E-state index is 12.1. The van der Waals surface area contributed by atoms with E-state index in [1.807, 2.05) is 36.4 Å². The maximum atomic E-state index is 12.1. The van der Waals surface area contributed by atoms with Crippen molar-refractivity contribution in [2.45, 2.75) is 19.6 Å². The van der Waals surface area contributed by atoms with Crippen molar-refractivity contribution >= 4 is 40.0 Å². The van der Waals surface area contributed by atoms with Crippen molar-refractivity contribution in [2.24, 2.45) is 0 Å². The summed E-state index contributed by atoms with van der Waals surface area (Å²) in [5, 5.41) is 12.4. The predicted molar refractivity (Wildman–Crippen MR) is 101 cm³/mol. The van der Waals surface area contributed by atoms with Crippen molar-refractivity contribution in [3.8, 4) is 6.07 Å². The Morgan fingerprint density at radius 1 is 1.32 bits per heavy atom. The number of benzene rings is 1. The van der Waals surface area contributed by atoms with Crippen LogP contribution in [0.1, 0.15) is 33.3 Å². The van der Waals surface area contributed by atoms with Gasteiger partial charge in [0.25, 0.3) is 0 Å². The van der Waals surface area contributed by atoms with Crippen molar-refractivity contribution in [2.75, 3.05) is 17.7 Å². The second kappa shape index (κ2) is 9.25. The molecule has 0 aliphatic heterocycles. The largest absolute Gasteiger partial charge is 0.462 e. The first kappa shape index (κ1) is 19.0. The topological polar surface area (TPSA) is 79.2 Å². The molecule has 1 amide bonds. The summed E-state index contributed by atoms with van der Waals surface area (Å²) in [6.45, 7) is 3.66. The average Bonchev–Trinajstić information content (AvgIpc) is 2.91. The molecule has 0 saturated heterocycles. The zero-order chi connectivity index (χ0) is 18.2. The van der Waals surface area contributed by atoms with Gasteiger partial charge in [0.1, 0.15) is 15.9 Å². The Morgan fingerprint density at radius 3 is 2.68 bits per heavy atom. The number of hydrogen-bond donors (Lipinski definition) is 1. The van der Waals surface area contributed by atoms with E-state index in [4.69, 9.17) is 4.74 Å². The van der Waals surface area contributed by atoms with Crippen molar-refractivity contribution in [3.05, 3.63) is 51.9 Å². The molecule has 0 spiro atoms. The Bertz CT molecular complexity index is 795. The van der Waals surface area contributed by atoms with Crippen molar-refractivity contribution in [1.82, 2.24) is 0 Å². The van der Waals surface area contributed by atoms with Crippen molar-refractivity contribution < 1.29 is 14.3 Å². The summed E-state index contributed by atoms with van der Waals surface area (Å²) >= 11 is 2.57. The molecule has 1 aromatic heterocycles. The van der Waals surface area contributed by atoms with Gasteiger partial charge in [-0.2, -0.15) is 5.26 Å². The first-order valence-corrected chi connectivity index (χ1v) is 9.66. The molecule has 25 heavy (non-hydrogen) atoms. The van der Waals surface area contributed by atoms with Crippen LogP contribution in [0, 0.1) is 18.3 Å². The zero-order valence-corrected chi connectivity index (χ0v) is 15.6. The highest BCUT2D eigenvalue weighted by Gasteiger charge is 2.22. The van der Waals surface area contributed by atoms with Gasteiger partial charge in [-0.3, -0.25) is 4.79 Å². The van der Waals surface area contributed by atoms with E-state index < -0.39 is 5.97 Å². The summed E-state index contributed by atoms with van der Waals surface area (Å²) in [5.74, 6) is 0.331. The molecule has 0 aliphatic rings. The van der Waals surface area contributed by atoms with Gasteiger partial charge in [-0.15, -0.1) is 23.1 Å². The van der Waals surface area contributed by atoms with E-state index in [1.165, 1.54) is 11.8 Å². The van der Waals surface area contributed by atoms with Gasteiger partial charge in [0.05, 0.1) is 17.9 Å². The molecule has 0 fully saturated rings. The molecule has 2 aromatic rings. The minimum absolute atomic E-state index is 0.200. The van der Waals surface area contributed by atoms with Gasteiger partial charge in [-0.25, -0.2) is 4.79 Å². The third-order valence-electron chi connectivity index (χ3n) is 3.32. The molecule has 0 aliphatic carbocycles. The van der Waals surface area contributed by atoms with Crippen LogP contribution in [-0.2, 0) is 15.3 Å². The van der Waals surface area contributed by atoms with Crippen LogP contribution in [-0.4, -0.2) is 24.2 Å². The molecule has 1 N–H and O–H groups in total. The lowest BCUT2D eigenvalue weighted by atomic mass is 10.2. The number of anilines is 1. The van der Waals surface area contributed by atoms with Crippen LogP contribution in [0.25, 0.3) is 0 Å². The molecule has 0 atom stereocenters. The number of ether oxygens (including phenoxy) is 1. The summed E-state index contributed by atoms with van der Waals surface area (Å²) in [6.07, 6.45) is 0. The zero-order valence-electron chi connectivity index (χ0n) is 14.0. The number of thioether (sulfide) groups is 1. The number of esters is 1. The molecule has 0 bridgehead atoms. The van der Waals surface area contributed by atoms with Crippen LogP contribution >= 0.6 is 23.1 Å². The van der Waals surface area contributed by atoms with Gasteiger partial charge in [0.2, 0.25) is 5.91 Å². The van der Waals surface area contributed by atoms with E-state index in [0.29, 0.717) is 21.0 Å². The summed E-state index contributed by atoms with van der Waals surface area (Å²) < 4.78 is 4.99. The van der Waals surface area contributed by atoms with E-state index >= 15 is 0 Å². The van der Waals surface area contributed by atoms with Crippen LogP contribution < -0.4 is 5.32 Å². The van der Waals surface area contributed by atoms with Gasteiger partial charge < -0.3 is 10.1 Å². The van der Waals surface area contributed by atoms with Crippen LogP contribution in [0.3, 0.4) is 0 Å². The molecule has 5 nitrogen and oxygen atoms in total. The van der Waals surface area contributed by atoms with Gasteiger partial charge in [-0.1, -0.05) is 30.3 Å². The van der Waals surface area contributed by atoms with Crippen molar-refractivity contribution in [3.63, 3.8) is 0 Å². The fourth-order valence-corrected chi connectivity index (χ4v) is 3.98. The van der Waals surface area contributed by atoms with Crippen LogP contribution in [0.5, 0.6) is 0 Å². The molecule has 2 rings (SSSR count). The molecule has 1 aromatic carbocycles. The minimum atomic E-state index is -0.472. The number of nitriles is 1. The van der Waals surface area contributed by atoms with Crippen molar-refractivity contribution in [1.29, 1.82) is 5.26 Å². The van der Waals surface area contributed by atoms with Crippen LogP contribution in [0.4, 0.5) is 5.00 Å². The number of hydrogen-bond acceptors (Lipinski definition) is 6. The number of amides is 1. The molecule has 7 heteroatoms. The standard InChI is InChI=1S/C18H18N2O3S2/c1-3-23-18(22)16-12(2)14(9-19)17(25-16)20-15(21)11-24-10-13-7-5-4-6-8-13/h4-8H,3,10-11H2,1-2H3,(H,20,21). The normalized spacial score (nSPS) is 10.1. The highest BCUT2D eigenvalue weighted by Crippen LogP contribution is 2.33. The number of carbonyl (C=O) groups excluding carboxylic acids is 2. The van der Waals surface area contributed by atoms with E-state index in [2.05, 4.69) is 5.32 Å². The molecule has 0 saturated carbocycles. The Hall–Kier alpha value is -2.30. The maximum Gasteiger partial charge on any atom is 0.348 e. The summed E-state index contributed by atoms with van der Waals surface area (Å²) in [7, 11) is 0. The number of nitrogens with one attached hydrogen (secondary N) is 1. The molecular formula is C18H18N2O3S2. The van der Waals surface area contributed by atoms with Crippen LogP contribution in [0.15, 0.2) is 30.3 Å². The molecule has 0 unspecified atom stereocenters.